The van der Waals surface area contributed by atoms with Crippen LogP contribution in [0.1, 0.15) is 23.0 Å². The lowest BCUT2D eigenvalue weighted by molar-refractivity contribution is 0.0741. The summed E-state index contributed by atoms with van der Waals surface area (Å²) < 4.78 is 7.00. The van der Waals surface area contributed by atoms with Gasteiger partial charge in [0.2, 0.25) is 5.88 Å². The van der Waals surface area contributed by atoms with Crippen LogP contribution in [0.4, 0.5) is 5.69 Å². The molecule has 0 saturated carbocycles. The van der Waals surface area contributed by atoms with Crippen molar-refractivity contribution in [2.75, 3.05) is 37.7 Å². The van der Waals surface area contributed by atoms with E-state index in [2.05, 4.69) is 46.2 Å². The van der Waals surface area contributed by atoms with E-state index < -0.39 is 0 Å². The van der Waals surface area contributed by atoms with Gasteiger partial charge in [0.1, 0.15) is 5.69 Å². The molecular weight excluding hydrogens is 342 g/mol. The predicted molar refractivity (Wildman–Crippen MR) is 103 cm³/mol. The number of aryl methyl sites for hydroxylation is 1. The van der Waals surface area contributed by atoms with Gasteiger partial charge >= 0.3 is 0 Å². The minimum absolute atomic E-state index is 0.0534. The van der Waals surface area contributed by atoms with Crippen molar-refractivity contribution in [1.29, 1.82) is 0 Å². The maximum atomic E-state index is 12.8. The molecule has 4 rings (SSSR count). The van der Waals surface area contributed by atoms with Gasteiger partial charge in [-0.2, -0.15) is 0 Å². The molecule has 7 heteroatoms. The van der Waals surface area contributed by atoms with Crippen molar-refractivity contribution in [3.8, 4) is 5.88 Å². The minimum Gasteiger partial charge on any atom is -0.477 e. The Balaban J connectivity index is 1.45. The second-order valence-electron chi connectivity index (χ2n) is 6.65. The largest absolute Gasteiger partial charge is 0.477 e. The van der Waals surface area contributed by atoms with E-state index in [-0.39, 0.29) is 5.91 Å². The molecule has 0 unspecified atom stereocenters. The summed E-state index contributed by atoms with van der Waals surface area (Å²) in [6.45, 7) is 7.54. The first kappa shape index (κ1) is 17.3. The third-order valence-electron chi connectivity index (χ3n) is 4.74. The smallest absolute Gasteiger partial charge is 0.274 e. The number of imidazole rings is 1. The van der Waals surface area contributed by atoms with Gasteiger partial charge in [0, 0.05) is 37.9 Å². The molecule has 7 nitrogen and oxygen atoms in total. The SMILES string of the molecule is CCOc1ccc2nc(C(=O)N3CCN(c4cccc(C)c4)CC3)cn2n1. The number of aromatic nitrogens is 3. The average molecular weight is 365 g/mol. The molecule has 27 heavy (non-hydrogen) atoms. The fraction of sp³-hybridized carbons (Fsp3) is 0.350. The van der Waals surface area contributed by atoms with Gasteiger partial charge < -0.3 is 14.5 Å². The molecule has 3 aromatic rings. The quantitative estimate of drug-likeness (QED) is 0.710. The number of ether oxygens (including phenoxy) is 1. The van der Waals surface area contributed by atoms with E-state index in [9.17, 15) is 4.79 Å². The number of fused-ring (bicyclic) bond motifs is 1. The molecule has 1 saturated heterocycles. The standard InChI is InChI=1S/C20H23N5O2/c1-3-27-19-8-7-18-21-17(14-25(18)22-19)20(26)24-11-9-23(10-12-24)16-6-4-5-15(2)13-16/h4-8,13-14H,3,9-12H2,1-2H3. The Hall–Kier alpha value is -3.09. The second-order valence-corrected chi connectivity index (χ2v) is 6.65. The van der Waals surface area contributed by atoms with Crippen LogP contribution in [0, 0.1) is 6.92 Å². The summed E-state index contributed by atoms with van der Waals surface area (Å²) >= 11 is 0. The van der Waals surface area contributed by atoms with Gasteiger partial charge in [-0.05, 0) is 37.6 Å². The van der Waals surface area contributed by atoms with Crippen LogP contribution in [0.2, 0.25) is 0 Å². The van der Waals surface area contributed by atoms with Crippen molar-refractivity contribution in [2.45, 2.75) is 13.8 Å². The van der Waals surface area contributed by atoms with Gasteiger partial charge in [0.05, 0.1) is 12.8 Å². The highest BCUT2D eigenvalue weighted by Crippen LogP contribution is 2.19. The highest BCUT2D eigenvalue weighted by Gasteiger charge is 2.24. The zero-order chi connectivity index (χ0) is 18.8. The first-order chi connectivity index (χ1) is 13.1. The van der Waals surface area contributed by atoms with Gasteiger partial charge in [-0.3, -0.25) is 4.79 Å². The molecule has 1 amide bonds. The van der Waals surface area contributed by atoms with E-state index in [1.807, 2.05) is 17.9 Å². The lowest BCUT2D eigenvalue weighted by atomic mass is 10.2. The number of anilines is 1. The zero-order valence-electron chi connectivity index (χ0n) is 15.6. The van der Waals surface area contributed by atoms with Crippen LogP contribution < -0.4 is 9.64 Å². The Morgan fingerprint density at radius 1 is 1.15 bits per heavy atom. The van der Waals surface area contributed by atoms with Gasteiger partial charge in [-0.15, -0.1) is 5.10 Å². The topological polar surface area (TPSA) is 63.0 Å². The molecule has 1 aromatic carbocycles. The van der Waals surface area contributed by atoms with Crippen LogP contribution in [0.25, 0.3) is 5.65 Å². The molecule has 1 aliphatic rings. The van der Waals surface area contributed by atoms with Gasteiger partial charge in [0.15, 0.2) is 5.65 Å². The van der Waals surface area contributed by atoms with Crippen molar-refractivity contribution in [3.05, 3.63) is 53.9 Å². The molecule has 0 bridgehead atoms. The Bertz CT molecular complexity index is 960. The molecule has 140 valence electrons. The lowest BCUT2D eigenvalue weighted by Crippen LogP contribution is -2.48. The number of benzene rings is 1. The highest BCUT2D eigenvalue weighted by molar-refractivity contribution is 5.93. The third kappa shape index (κ3) is 3.58. The third-order valence-corrected chi connectivity index (χ3v) is 4.74. The van der Waals surface area contributed by atoms with Gasteiger partial charge in [-0.25, -0.2) is 9.50 Å². The van der Waals surface area contributed by atoms with Gasteiger partial charge in [0.25, 0.3) is 5.91 Å². The molecule has 0 spiro atoms. The van der Waals surface area contributed by atoms with E-state index >= 15 is 0 Å². The lowest BCUT2D eigenvalue weighted by Gasteiger charge is -2.36. The number of carbonyl (C=O) groups is 1. The first-order valence-electron chi connectivity index (χ1n) is 9.24. The monoisotopic (exact) mass is 365 g/mol. The van der Waals surface area contributed by atoms with Crippen molar-refractivity contribution in [1.82, 2.24) is 19.5 Å². The van der Waals surface area contributed by atoms with E-state index in [1.54, 1.807) is 16.8 Å². The van der Waals surface area contributed by atoms with Crippen molar-refractivity contribution < 1.29 is 9.53 Å². The first-order valence-corrected chi connectivity index (χ1v) is 9.24. The number of hydrogen-bond donors (Lipinski definition) is 0. The predicted octanol–water partition coefficient (Wildman–Crippen LogP) is 2.40. The highest BCUT2D eigenvalue weighted by atomic mass is 16.5. The van der Waals surface area contributed by atoms with Crippen molar-refractivity contribution >= 4 is 17.2 Å². The summed E-state index contributed by atoms with van der Waals surface area (Å²) in [4.78, 5) is 21.4. The second kappa shape index (κ2) is 7.26. The summed E-state index contributed by atoms with van der Waals surface area (Å²) in [6.07, 6.45) is 1.67. The number of piperazine rings is 1. The fourth-order valence-electron chi connectivity index (χ4n) is 3.35. The van der Waals surface area contributed by atoms with Gasteiger partial charge in [-0.1, -0.05) is 12.1 Å². The molecule has 0 aliphatic carbocycles. The van der Waals surface area contributed by atoms with E-state index in [0.29, 0.717) is 36.9 Å². The van der Waals surface area contributed by atoms with Crippen LogP contribution in [0.15, 0.2) is 42.6 Å². The maximum absolute atomic E-state index is 12.8. The van der Waals surface area contributed by atoms with Crippen molar-refractivity contribution in [3.63, 3.8) is 0 Å². The Labute approximate surface area is 158 Å². The molecule has 0 radical (unpaired) electrons. The van der Waals surface area contributed by atoms with Crippen LogP contribution in [-0.4, -0.2) is 58.2 Å². The minimum atomic E-state index is -0.0534. The normalized spacial score (nSPS) is 14.6. The van der Waals surface area contributed by atoms with Crippen LogP contribution in [0.5, 0.6) is 5.88 Å². The Morgan fingerprint density at radius 2 is 1.96 bits per heavy atom. The van der Waals surface area contributed by atoms with E-state index in [4.69, 9.17) is 4.74 Å². The molecule has 0 N–H and O–H groups in total. The molecule has 1 fully saturated rings. The van der Waals surface area contributed by atoms with Crippen LogP contribution >= 0.6 is 0 Å². The van der Waals surface area contributed by atoms with Crippen LogP contribution in [0.3, 0.4) is 0 Å². The number of nitrogens with zero attached hydrogens (tertiary/aromatic N) is 5. The maximum Gasteiger partial charge on any atom is 0.274 e. The number of carbonyl (C=O) groups excluding carboxylic acids is 1. The van der Waals surface area contributed by atoms with E-state index in [0.717, 1.165) is 13.1 Å². The average Bonchev–Trinajstić information content (AvgIpc) is 3.11. The summed E-state index contributed by atoms with van der Waals surface area (Å²) in [5.41, 5.74) is 3.51. The van der Waals surface area contributed by atoms with Crippen molar-refractivity contribution in [2.24, 2.45) is 0 Å². The molecule has 0 atom stereocenters. The molecule has 2 aromatic heterocycles. The van der Waals surface area contributed by atoms with E-state index in [1.165, 1.54) is 11.3 Å². The molecular formula is C20H23N5O2. The molecule has 1 aliphatic heterocycles. The summed E-state index contributed by atoms with van der Waals surface area (Å²) in [5.74, 6) is 0.468. The number of amides is 1. The Morgan fingerprint density at radius 3 is 2.70 bits per heavy atom. The Kier molecular flexibility index (Phi) is 4.66. The summed E-state index contributed by atoms with van der Waals surface area (Å²) in [5, 5.41) is 4.33. The zero-order valence-corrected chi connectivity index (χ0v) is 15.6. The number of hydrogen-bond acceptors (Lipinski definition) is 5. The fourth-order valence-corrected chi connectivity index (χ4v) is 3.35. The number of rotatable bonds is 4. The summed E-state index contributed by atoms with van der Waals surface area (Å²) in [7, 11) is 0. The summed E-state index contributed by atoms with van der Waals surface area (Å²) in [6, 6.07) is 12.0. The molecule has 3 heterocycles. The van der Waals surface area contributed by atoms with Crippen LogP contribution in [-0.2, 0) is 0 Å².